The molecule has 130 valence electrons. The largest absolute Gasteiger partial charge is 0.395 e. The van der Waals surface area contributed by atoms with Gasteiger partial charge in [0.15, 0.2) is 0 Å². The number of carbonyl (C=O) groups is 2. The van der Waals surface area contributed by atoms with E-state index in [1.165, 1.54) is 4.90 Å². The molecule has 3 rings (SSSR count). The monoisotopic (exact) mass is 331 g/mol. The molecule has 0 aliphatic carbocycles. The van der Waals surface area contributed by atoms with Gasteiger partial charge in [-0.25, -0.2) is 4.79 Å². The number of likely N-dealkylation sites (N-methyl/N-ethyl adjacent to an activating group) is 1. The molecule has 6 heteroatoms. The number of benzene rings is 1. The molecule has 0 radical (unpaired) electrons. The first-order chi connectivity index (χ1) is 11.5. The second-order valence-corrected chi connectivity index (χ2v) is 6.82. The van der Waals surface area contributed by atoms with Gasteiger partial charge in [0, 0.05) is 32.7 Å². The van der Waals surface area contributed by atoms with E-state index in [9.17, 15) is 14.7 Å². The van der Waals surface area contributed by atoms with Gasteiger partial charge in [-0.3, -0.25) is 14.6 Å². The fourth-order valence-electron chi connectivity index (χ4n) is 3.80. The SMILES string of the molecule is C[C@@H](CO)N1CCC2(CC1)C(=O)N(C)C(=O)N2Cc1ccccc1. The highest BCUT2D eigenvalue weighted by Crippen LogP contribution is 2.38. The first-order valence-electron chi connectivity index (χ1n) is 8.48. The Balaban J connectivity index is 1.84. The minimum atomic E-state index is -0.743. The Morgan fingerprint density at radius 1 is 1.17 bits per heavy atom. The highest BCUT2D eigenvalue weighted by Gasteiger charge is 2.56. The Morgan fingerprint density at radius 2 is 1.79 bits per heavy atom. The maximum Gasteiger partial charge on any atom is 0.327 e. The van der Waals surface area contributed by atoms with E-state index < -0.39 is 5.54 Å². The summed E-state index contributed by atoms with van der Waals surface area (Å²) in [6.45, 7) is 3.95. The van der Waals surface area contributed by atoms with E-state index in [0.717, 1.165) is 5.56 Å². The van der Waals surface area contributed by atoms with Gasteiger partial charge in [0.2, 0.25) is 0 Å². The first-order valence-corrected chi connectivity index (χ1v) is 8.48. The number of aliphatic hydroxyl groups excluding tert-OH is 1. The van der Waals surface area contributed by atoms with Crippen LogP contribution in [0, 0.1) is 0 Å². The highest BCUT2D eigenvalue weighted by atomic mass is 16.3. The van der Waals surface area contributed by atoms with Crippen LogP contribution >= 0.6 is 0 Å². The Bertz CT molecular complexity index is 611. The van der Waals surface area contributed by atoms with Crippen molar-refractivity contribution in [3.05, 3.63) is 35.9 Å². The Morgan fingerprint density at radius 3 is 2.38 bits per heavy atom. The van der Waals surface area contributed by atoms with Crippen molar-refractivity contribution in [2.75, 3.05) is 26.7 Å². The molecule has 1 aromatic rings. The van der Waals surface area contributed by atoms with E-state index in [0.29, 0.717) is 32.5 Å². The van der Waals surface area contributed by atoms with Crippen LogP contribution in [0.3, 0.4) is 0 Å². The predicted molar refractivity (Wildman–Crippen MR) is 90.2 cm³/mol. The summed E-state index contributed by atoms with van der Waals surface area (Å²) in [7, 11) is 1.57. The number of urea groups is 1. The van der Waals surface area contributed by atoms with Gasteiger partial charge in [0.25, 0.3) is 5.91 Å². The summed E-state index contributed by atoms with van der Waals surface area (Å²) in [5.41, 5.74) is 0.285. The summed E-state index contributed by atoms with van der Waals surface area (Å²) in [5.74, 6) is -0.0975. The molecule has 0 aromatic heterocycles. The van der Waals surface area contributed by atoms with Crippen LogP contribution in [0.4, 0.5) is 4.79 Å². The number of amides is 3. The second-order valence-electron chi connectivity index (χ2n) is 6.82. The molecule has 1 aromatic carbocycles. The minimum Gasteiger partial charge on any atom is -0.395 e. The van der Waals surface area contributed by atoms with E-state index in [1.54, 1.807) is 11.9 Å². The summed E-state index contributed by atoms with van der Waals surface area (Å²) in [4.78, 5) is 30.7. The van der Waals surface area contributed by atoms with Crippen molar-refractivity contribution < 1.29 is 14.7 Å². The van der Waals surface area contributed by atoms with Gasteiger partial charge in [-0.2, -0.15) is 0 Å². The Hall–Kier alpha value is -1.92. The van der Waals surface area contributed by atoms with Crippen molar-refractivity contribution in [1.29, 1.82) is 0 Å². The number of imide groups is 1. The number of aliphatic hydroxyl groups is 1. The topological polar surface area (TPSA) is 64.1 Å². The van der Waals surface area contributed by atoms with Crippen LogP contribution in [0.5, 0.6) is 0 Å². The van der Waals surface area contributed by atoms with Crippen LogP contribution in [0.25, 0.3) is 0 Å². The van der Waals surface area contributed by atoms with Gasteiger partial charge in [-0.1, -0.05) is 30.3 Å². The van der Waals surface area contributed by atoms with E-state index in [4.69, 9.17) is 0 Å². The molecule has 1 spiro atoms. The second kappa shape index (κ2) is 6.53. The van der Waals surface area contributed by atoms with Crippen LogP contribution in [-0.4, -0.2) is 70.1 Å². The number of rotatable bonds is 4. The van der Waals surface area contributed by atoms with E-state index in [1.807, 2.05) is 37.3 Å². The number of hydrogen-bond donors (Lipinski definition) is 1. The molecule has 2 saturated heterocycles. The van der Waals surface area contributed by atoms with Gasteiger partial charge in [0.05, 0.1) is 6.61 Å². The molecule has 3 amide bonds. The van der Waals surface area contributed by atoms with Crippen molar-refractivity contribution in [2.45, 2.75) is 37.9 Å². The lowest BCUT2D eigenvalue weighted by Gasteiger charge is -2.43. The van der Waals surface area contributed by atoms with Crippen LogP contribution < -0.4 is 0 Å². The van der Waals surface area contributed by atoms with E-state index >= 15 is 0 Å². The zero-order valence-corrected chi connectivity index (χ0v) is 14.3. The number of piperidine rings is 1. The summed E-state index contributed by atoms with van der Waals surface area (Å²) >= 11 is 0. The quantitative estimate of drug-likeness (QED) is 0.845. The summed E-state index contributed by atoms with van der Waals surface area (Å²) in [6, 6.07) is 9.65. The van der Waals surface area contributed by atoms with Crippen LogP contribution in [-0.2, 0) is 11.3 Å². The van der Waals surface area contributed by atoms with Crippen molar-refractivity contribution >= 4 is 11.9 Å². The molecule has 0 unspecified atom stereocenters. The number of likely N-dealkylation sites (tertiary alicyclic amines) is 1. The standard InChI is InChI=1S/C18H25N3O3/c1-14(13-22)20-10-8-18(9-11-20)16(23)19(2)17(24)21(18)12-15-6-4-3-5-7-15/h3-7,14,22H,8-13H2,1-2H3/t14-/m0/s1. The fraction of sp³-hybridized carbons (Fsp3) is 0.556. The predicted octanol–water partition coefficient (Wildman–Crippen LogP) is 1.30. The number of carbonyl (C=O) groups excluding carboxylic acids is 2. The van der Waals surface area contributed by atoms with Crippen LogP contribution in [0.2, 0.25) is 0 Å². The lowest BCUT2D eigenvalue weighted by Crippen LogP contribution is -2.57. The third kappa shape index (κ3) is 2.70. The number of nitrogens with zero attached hydrogens (tertiary/aromatic N) is 3. The number of hydrogen-bond acceptors (Lipinski definition) is 4. The summed E-state index contributed by atoms with van der Waals surface area (Å²) in [6.07, 6.45) is 1.22. The molecule has 2 fully saturated rings. The van der Waals surface area contributed by atoms with Gasteiger partial charge in [0.1, 0.15) is 5.54 Å². The average molecular weight is 331 g/mol. The van der Waals surface area contributed by atoms with E-state index in [-0.39, 0.29) is 24.6 Å². The average Bonchev–Trinajstić information content (AvgIpc) is 2.79. The first kappa shape index (κ1) is 16.9. The lowest BCUT2D eigenvalue weighted by atomic mass is 9.85. The van der Waals surface area contributed by atoms with Gasteiger partial charge >= 0.3 is 6.03 Å². The molecular weight excluding hydrogens is 306 g/mol. The van der Waals surface area contributed by atoms with Crippen molar-refractivity contribution in [1.82, 2.24) is 14.7 Å². The van der Waals surface area contributed by atoms with Crippen molar-refractivity contribution in [3.63, 3.8) is 0 Å². The maximum atomic E-state index is 12.8. The minimum absolute atomic E-state index is 0.0786. The third-order valence-corrected chi connectivity index (χ3v) is 5.43. The fourth-order valence-corrected chi connectivity index (χ4v) is 3.80. The molecule has 2 heterocycles. The molecule has 2 aliphatic rings. The molecule has 0 saturated carbocycles. The molecule has 24 heavy (non-hydrogen) atoms. The molecule has 2 aliphatic heterocycles. The Kier molecular flexibility index (Phi) is 4.60. The van der Waals surface area contributed by atoms with Gasteiger partial charge < -0.3 is 10.0 Å². The molecule has 6 nitrogen and oxygen atoms in total. The Labute approximate surface area is 142 Å². The van der Waals surface area contributed by atoms with Crippen LogP contribution in [0.15, 0.2) is 30.3 Å². The van der Waals surface area contributed by atoms with Crippen molar-refractivity contribution in [2.24, 2.45) is 0 Å². The maximum absolute atomic E-state index is 12.8. The zero-order valence-electron chi connectivity index (χ0n) is 14.3. The zero-order chi connectivity index (χ0) is 17.3. The van der Waals surface area contributed by atoms with Crippen LogP contribution in [0.1, 0.15) is 25.3 Å². The van der Waals surface area contributed by atoms with E-state index in [2.05, 4.69) is 4.90 Å². The van der Waals surface area contributed by atoms with Gasteiger partial charge in [-0.15, -0.1) is 0 Å². The van der Waals surface area contributed by atoms with Crippen molar-refractivity contribution in [3.8, 4) is 0 Å². The smallest absolute Gasteiger partial charge is 0.327 e. The molecule has 1 N–H and O–H groups in total. The van der Waals surface area contributed by atoms with Gasteiger partial charge in [-0.05, 0) is 25.3 Å². The molecular formula is C18H25N3O3. The highest BCUT2D eigenvalue weighted by molar-refractivity contribution is 6.06. The lowest BCUT2D eigenvalue weighted by molar-refractivity contribution is -0.135. The normalized spacial score (nSPS) is 22.5. The summed E-state index contributed by atoms with van der Waals surface area (Å²) in [5, 5.41) is 9.35. The molecule has 0 bridgehead atoms. The summed E-state index contributed by atoms with van der Waals surface area (Å²) < 4.78 is 0. The molecule has 1 atom stereocenters. The third-order valence-electron chi connectivity index (χ3n) is 5.43.